The van der Waals surface area contributed by atoms with E-state index in [0.29, 0.717) is 0 Å². The number of carbonyl (C=O) groups is 1. The second-order valence-electron chi connectivity index (χ2n) is 2.95. The number of rotatable bonds is 4. The van der Waals surface area contributed by atoms with Crippen molar-refractivity contribution in [2.75, 3.05) is 6.61 Å². The molecule has 0 spiro atoms. The Balaban J connectivity index is 2.82. The van der Waals surface area contributed by atoms with Crippen molar-refractivity contribution in [1.29, 1.82) is 0 Å². The van der Waals surface area contributed by atoms with Gasteiger partial charge in [-0.3, -0.25) is 0 Å². The molecule has 92 valence electrons. The Morgan fingerprint density at radius 1 is 1.53 bits per heavy atom. The van der Waals surface area contributed by atoms with E-state index in [1.165, 1.54) is 30.3 Å². The number of halogens is 1. The summed E-state index contributed by atoms with van der Waals surface area (Å²) in [5.74, 6) is 0. The summed E-state index contributed by atoms with van der Waals surface area (Å²) in [5, 5.41) is 0.257. The summed E-state index contributed by atoms with van der Waals surface area (Å²) < 4.78 is 29.6. The number of ether oxygens (including phenoxy) is 1. The Labute approximate surface area is 104 Å². The lowest BCUT2D eigenvalue weighted by Crippen LogP contribution is -2.31. The second-order valence-corrected chi connectivity index (χ2v) is 5.07. The highest BCUT2D eigenvalue weighted by molar-refractivity contribution is 7.90. The number of hydrogen-bond acceptors (Lipinski definition) is 4. The number of nitrogens with one attached hydrogen (secondary N) is 1. The van der Waals surface area contributed by atoms with Crippen LogP contribution in [0.25, 0.3) is 0 Å². The van der Waals surface area contributed by atoms with Gasteiger partial charge in [-0.15, -0.1) is 0 Å². The summed E-state index contributed by atoms with van der Waals surface area (Å²) >= 11 is 5.65. The van der Waals surface area contributed by atoms with Gasteiger partial charge in [-0.25, -0.2) is 17.9 Å². The largest absolute Gasteiger partial charge is 0.445 e. The minimum Gasteiger partial charge on any atom is -0.445 e. The molecule has 0 aliphatic heterocycles. The van der Waals surface area contributed by atoms with E-state index in [9.17, 15) is 13.2 Å². The highest BCUT2D eigenvalue weighted by atomic mass is 35.5. The van der Waals surface area contributed by atoms with Crippen LogP contribution in [-0.4, -0.2) is 21.1 Å². The lowest BCUT2D eigenvalue weighted by atomic mass is 10.4. The van der Waals surface area contributed by atoms with Gasteiger partial charge in [0.05, 0.1) is 4.90 Å². The first-order valence-electron chi connectivity index (χ1n) is 4.52. The number of carbonyl (C=O) groups excluding carboxylic acids is 1. The Morgan fingerprint density at radius 2 is 2.24 bits per heavy atom. The van der Waals surface area contributed by atoms with Gasteiger partial charge in [0, 0.05) is 5.02 Å². The number of benzene rings is 1. The molecule has 0 radical (unpaired) electrons. The van der Waals surface area contributed by atoms with Crippen LogP contribution in [0, 0.1) is 0 Å². The minimum absolute atomic E-state index is 0.0725. The summed E-state index contributed by atoms with van der Waals surface area (Å²) in [7, 11) is -3.96. The predicted octanol–water partition coefficient (Wildman–Crippen LogP) is 1.94. The molecular formula is C10H10ClNO4S. The Morgan fingerprint density at radius 3 is 2.82 bits per heavy atom. The van der Waals surface area contributed by atoms with Gasteiger partial charge in [0.2, 0.25) is 0 Å². The molecule has 0 bridgehead atoms. The van der Waals surface area contributed by atoms with E-state index in [0.717, 1.165) is 0 Å². The molecule has 7 heteroatoms. The molecule has 1 amide bonds. The van der Waals surface area contributed by atoms with Crippen molar-refractivity contribution >= 4 is 27.7 Å². The molecule has 0 heterocycles. The second kappa shape index (κ2) is 5.70. The molecule has 1 N–H and O–H groups in total. The van der Waals surface area contributed by atoms with E-state index in [1.54, 1.807) is 4.72 Å². The molecule has 0 saturated carbocycles. The molecule has 1 aromatic rings. The third-order valence-corrected chi connectivity index (χ3v) is 3.20. The number of amides is 1. The van der Waals surface area contributed by atoms with E-state index < -0.39 is 16.1 Å². The van der Waals surface area contributed by atoms with Gasteiger partial charge in [0.25, 0.3) is 10.0 Å². The molecule has 0 atom stereocenters. The highest BCUT2D eigenvalue weighted by Gasteiger charge is 2.18. The lowest BCUT2D eigenvalue weighted by molar-refractivity contribution is 0.165. The molecule has 1 aromatic carbocycles. The molecule has 1 rings (SSSR count). The third-order valence-electron chi connectivity index (χ3n) is 1.66. The summed E-state index contributed by atoms with van der Waals surface area (Å²) in [6, 6.07) is 5.53. The Bertz CT molecular complexity index is 527. The maximum absolute atomic E-state index is 11.7. The average molecular weight is 276 g/mol. The quantitative estimate of drug-likeness (QED) is 0.853. The van der Waals surface area contributed by atoms with Crippen LogP contribution in [0.4, 0.5) is 4.79 Å². The van der Waals surface area contributed by atoms with Crippen LogP contribution < -0.4 is 4.72 Å². The molecule has 17 heavy (non-hydrogen) atoms. The Hall–Kier alpha value is -1.53. The molecule has 0 saturated heterocycles. The number of sulfonamides is 1. The molecule has 0 aliphatic rings. The van der Waals surface area contributed by atoms with Crippen molar-refractivity contribution in [1.82, 2.24) is 4.72 Å². The van der Waals surface area contributed by atoms with Crippen molar-refractivity contribution in [2.24, 2.45) is 0 Å². The third kappa shape index (κ3) is 4.08. The first kappa shape index (κ1) is 13.5. The van der Waals surface area contributed by atoms with Crippen molar-refractivity contribution in [3.05, 3.63) is 41.9 Å². The predicted molar refractivity (Wildman–Crippen MR) is 63.3 cm³/mol. The van der Waals surface area contributed by atoms with Crippen LogP contribution in [0.2, 0.25) is 5.02 Å². The molecule has 0 aliphatic carbocycles. The average Bonchev–Trinajstić information content (AvgIpc) is 2.26. The topological polar surface area (TPSA) is 72.5 Å². The summed E-state index contributed by atoms with van der Waals surface area (Å²) in [4.78, 5) is 11.0. The zero-order chi connectivity index (χ0) is 12.9. The SMILES string of the molecule is C=CCOC(=O)NS(=O)(=O)c1cccc(Cl)c1. The van der Waals surface area contributed by atoms with E-state index in [2.05, 4.69) is 11.3 Å². The van der Waals surface area contributed by atoms with Crippen LogP contribution in [-0.2, 0) is 14.8 Å². The first-order valence-corrected chi connectivity index (χ1v) is 6.38. The van der Waals surface area contributed by atoms with Gasteiger partial charge in [-0.1, -0.05) is 30.3 Å². The monoisotopic (exact) mass is 275 g/mol. The van der Waals surface area contributed by atoms with E-state index >= 15 is 0 Å². The fourth-order valence-electron chi connectivity index (χ4n) is 0.967. The van der Waals surface area contributed by atoms with Gasteiger partial charge in [0.1, 0.15) is 6.61 Å². The van der Waals surface area contributed by atoms with Crippen LogP contribution >= 0.6 is 11.6 Å². The molecule has 0 aromatic heterocycles. The molecule has 5 nitrogen and oxygen atoms in total. The zero-order valence-corrected chi connectivity index (χ0v) is 10.3. The fourth-order valence-corrected chi connectivity index (χ4v) is 2.16. The highest BCUT2D eigenvalue weighted by Crippen LogP contribution is 2.15. The van der Waals surface area contributed by atoms with E-state index in [-0.39, 0.29) is 16.5 Å². The zero-order valence-electron chi connectivity index (χ0n) is 8.72. The van der Waals surface area contributed by atoms with Crippen LogP contribution in [0.3, 0.4) is 0 Å². The molecule has 0 fully saturated rings. The summed E-state index contributed by atoms with van der Waals surface area (Å²) in [6.45, 7) is 3.25. The van der Waals surface area contributed by atoms with Gasteiger partial charge in [-0.2, -0.15) is 0 Å². The van der Waals surface area contributed by atoms with Crippen molar-refractivity contribution in [3.63, 3.8) is 0 Å². The first-order chi connectivity index (χ1) is 7.95. The molecular weight excluding hydrogens is 266 g/mol. The van der Waals surface area contributed by atoms with E-state index in [4.69, 9.17) is 11.6 Å². The van der Waals surface area contributed by atoms with Crippen molar-refractivity contribution < 1.29 is 17.9 Å². The summed E-state index contributed by atoms with van der Waals surface area (Å²) in [6.07, 6.45) is 0.260. The Kier molecular flexibility index (Phi) is 4.53. The minimum atomic E-state index is -3.96. The molecule has 0 unspecified atom stereocenters. The van der Waals surface area contributed by atoms with Gasteiger partial charge in [-0.05, 0) is 18.2 Å². The maximum Gasteiger partial charge on any atom is 0.421 e. The number of hydrogen-bond donors (Lipinski definition) is 1. The smallest absolute Gasteiger partial charge is 0.421 e. The van der Waals surface area contributed by atoms with Crippen LogP contribution in [0.15, 0.2) is 41.8 Å². The normalized spacial score (nSPS) is 10.6. The van der Waals surface area contributed by atoms with Gasteiger partial charge in [0.15, 0.2) is 0 Å². The van der Waals surface area contributed by atoms with Crippen LogP contribution in [0.5, 0.6) is 0 Å². The van der Waals surface area contributed by atoms with Gasteiger partial charge < -0.3 is 4.74 Å². The summed E-state index contributed by atoms with van der Waals surface area (Å²) in [5.41, 5.74) is 0. The van der Waals surface area contributed by atoms with E-state index in [1.807, 2.05) is 0 Å². The standard InChI is InChI=1S/C10H10ClNO4S/c1-2-6-16-10(13)12-17(14,15)9-5-3-4-8(11)7-9/h2-5,7H,1,6H2,(H,12,13). The lowest BCUT2D eigenvalue weighted by Gasteiger charge is -2.06. The fraction of sp³-hybridized carbons (Fsp3) is 0.100. The van der Waals surface area contributed by atoms with Crippen molar-refractivity contribution in [3.8, 4) is 0 Å². The maximum atomic E-state index is 11.7. The van der Waals surface area contributed by atoms with Crippen molar-refractivity contribution in [2.45, 2.75) is 4.90 Å². The van der Waals surface area contributed by atoms with Crippen LogP contribution in [0.1, 0.15) is 0 Å². The van der Waals surface area contributed by atoms with Gasteiger partial charge >= 0.3 is 6.09 Å².